The Labute approximate surface area is 112 Å². The first-order valence-corrected chi connectivity index (χ1v) is 8.02. The number of nitrogens with one attached hydrogen (secondary N) is 1. The molecule has 1 N–H and O–H groups in total. The monoisotopic (exact) mass is 251 g/mol. The molecule has 3 heteroatoms. The molecule has 2 aliphatic carbocycles. The van der Waals surface area contributed by atoms with Crippen LogP contribution in [0.15, 0.2) is 0 Å². The number of nitrogens with zero attached hydrogens (tertiary/aromatic N) is 2. The summed E-state index contributed by atoms with van der Waals surface area (Å²) in [4.78, 5) is 5.54. The molecule has 1 aliphatic heterocycles. The van der Waals surface area contributed by atoms with E-state index in [0.29, 0.717) is 0 Å². The van der Waals surface area contributed by atoms with E-state index in [1.807, 2.05) is 0 Å². The maximum atomic E-state index is 3.45. The summed E-state index contributed by atoms with van der Waals surface area (Å²) < 4.78 is 0. The van der Waals surface area contributed by atoms with Crippen LogP contribution < -0.4 is 5.32 Å². The standard InChI is InChI=1S/C15H29N3/c1-16-13-6-7-15(12-13)18-10-8-17(9-11-18)14-4-2-3-5-14/h13-16H,2-12H2,1H3/t13-,15-/m0/s1. The molecular formula is C15H29N3. The summed E-state index contributed by atoms with van der Waals surface area (Å²) in [5.41, 5.74) is 0. The molecule has 0 unspecified atom stereocenters. The normalized spacial score (nSPS) is 36.5. The Balaban J connectivity index is 1.45. The van der Waals surface area contributed by atoms with Crippen molar-refractivity contribution in [1.82, 2.24) is 15.1 Å². The Kier molecular flexibility index (Phi) is 4.22. The first kappa shape index (κ1) is 12.9. The van der Waals surface area contributed by atoms with Crippen LogP contribution in [0.4, 0.5) is 0 Å². The van der Waals surface area contributed by atoms with E-state index in [1.165, 1.54) is 71.1 Å². The molecule has 1 heterocycles. The SMILES string of the molecule is CN[C@H]1CC[C@H](N2CCN(C3CCCC3)CC2)C1. The Bertz CT molecular complexity index is 254. The van der Waals surface area contributed by atoms with Crippen LogP contribution in [0.5, 0.6) is 0 Å². The van der Waals surface area contributed by atoms with Gasteiger partial charge < -0.3 is 5.32 Å². The smallest absolute Gasteiger partial charge is 0.0113 e. The average molecular weight is 251 g/mol. The molecule has 0 aromatic rings. The molecule has 104 valence electrons. The highest BCUT2D eigenvalue weighted by molar-refractivity contribution is 4.89. The van der Waals surface area contributed by atoms with E-state index in [0.717, 1.165) is 18.1 Å². The lowest BCUT2D eigenvalue weighted by atomic mass is 10.1. The van der Waals surface area contributed by atoms with Crippen molar-refractivity contribution in [3.8, 4) is 0 Å². The van der Waals surface area contributed by atoms with Crippen LogP contribution >= 0.6 is 0 Å². The van der Waals surface area contributed by atoms with Crippen LogP contribution in [0.1, 0.15) is 44.9 Å². The fraction of sp³-hybridized carbons (Fsp3) is 1.00. The van der Waals surface area contributed by atoms with Gasteiger partial charge >= 0.3 is 0 Å². The molecule has 1 saturated heterocycles. The van der Waals surface area contributed by atoms with E-state index in [2.05, 4.69) is 22.2 Å². The highest BCUT2D eigenvalue weighted by atomic mass is 15.3. The predicted octanol–water partition coefficient (Wildman–Crippen LogP) is 1.69. The predicted molar refractivity (Wildman–Crippen MR) is 75.9 cm³/mol. The van der Waals surface area contributed by atoms with E-state index >= 15 is 0 Å². The van der Waals surface area contributed by atoms with Crippen LogP contribution in [-0.4, -0.2) is 61.2 Å². The summed E-state index contributed by atoms with van der Waals surface area (Å²) in [7, 11) is 2.12. The van der Waals surface area contributed by atoms with Crippen LogP contribution in [0, 0.1) is 0 Å². The minimum Gasteiger partial charge on any atom is -0.317 e. The van der Waals surface area contributed by atoms with Crippen molar-refractivity contribution in [2.45, 2.75) is 63.1 Å². The van der Waals surface area contributed by atoms with E-state index in [1.54, 1.807) is 0 Å². The third-order valence-corrected chi connectivity index (χ3v) is 5.52. The Morgan fingerprint density at radius 3 is 1.94 bits per heavy atom. The zero-order valence-electron chi connectivity index (χ0n) is 11.9. The van der Waals surface area contributed by atoms with Crippen molar-refractivity contribution in [3.63, 3.8) is 0 Å². The fourth-order valence-corrected chi connectivity index (χ4v) is 4.29. The highest BCUT2D eigenvalue weighted by Crippen LogP contribution is 2.28. The Morgan fingerprint density at radius 2 is 1.39 bits per heavy atom. The van der Waals surface area contributed by atoms with Gasteiger partial charge in [0.25, 0.3) is 0 Å². The lowest BCUT2D eigenvalue weighted by Crippen LogP contribution is -2.52. The third kappa shape index (κ3) is 2.73. The molecule has 0 radical (unpaired) electrons. The number of hydrogen-bond donors (Lipinski definition) is 1. The summed E-state index contributed by atoms with van der Waals surface area (Å²) >= 11 is 0. The maximum Gasteiger partial charge on any atom is 0.0113 e. The van der Waals surface area contributed by atoms with Crippen molar-refractivity contribution in [3.05, 3.63) is 0 Å². The van der Waals surface area contributed by atoms with E-state index in [9.17, 15) is 0 Å². The third-order valence-electron chi connectivity index (χ3n) is 5.52. The average Bonchev–Trinajstić information content (AvgIpc) is 3.10. The van der Waals surface area contributed by atoms with Gasteiger partial charge in [0.05, 0.1) is 0 Å². The van der Waals surface area contributed by atoms with Gasteiger partial charge in [-0.05, 0) is 39.2 Å². The van der Waals surface area contributed by atoms with Crippen LogP contribution in [-0.2, 0) is 0 Å². The molecule has 3 nitrogen and oxygen atoms in total. The van der Waals surface area contributed by atoms with Gasteiger partial charge in [-0.15, -0.1) is 0 Å². The fourth-order valence-electron chi connectivity index (χ4n) is 4.29. The van der Waals surface area contributed by atoms with Crippen LogP contribution in [0.3, 0.4) is 0 Å². The lowest BCUT2D eigenvalue weighted by Gasteiger charge is -2.40. The summed E-state index contributed by atoms with van der Waals surface area (Å²) in [6.45, 7) is 5.28. The van der Waals surface area contributed by atoms with Gasteiger partial charge in [-0.1, -0.05) is 12.8 Å². The van der Waals surface area contributed by atoms with Gasteiger partial charge in [0, 0.05) is 44.3 Å². The van der Waals surface area contributed by atoms with E-state index < -0.39 is 0 Å². The second-order valence-corrected chi connectivity index (χ2v) is 6.46. The molecule has 2 saturated carbocycles. The minimum absolute atomic E-state index is 0.780. The molecule has 0 spiro atoms. The quantitative estimate of drug-likeness (QED) is 0.823. The molecule has 18 heavy (non-hydrogen) atoms. The molecule has 0 aromatic heterocycles. The van der Waals surface area contributed by atoms with Crippen LogP contribution in [0.2, 0.25) is 0 Å². The molecule has 0 bridgehead atoms. The van der Waals surface area contributed by atoms with Gasteiger partial charge in [-0.2, -0.15) is 0 Å². The molecule has 2 atom stereocenters. The van der Waals surface area contributed by atoms with E-state index in [-0.39, 0.29) is 0 Å². The summed E-state index contributed by atoms with van der Waals surface area (Å²) in [6, 6.07) is 2.58. The number of hydrogen-bond acceptors (Lipinski definition) is 3. The molecule has 3 rings (SSSR count). The van der Waals surface area contributed by atoms with Gasteiger partial charge in [-0.3, -0.25) is 9.80 Å². The van der Waals surface area contributed by atoms with Crippen LogP contribution in [0.25, 0.3) is 0 Å². The first-order chi connectivity index (χ1) is 8.86. The van der Waals surface area contributed by atoms with Gasteiger partial charge in [0.2, 0.25) is 0 Å². The number of piperazine rings is 1. The summed E-state index contributed by atoms with van der Waals surface area (Å²) in [5.74, 6) is 0. The van der Waals surface area contributed by atoms with Gasteiger partial charge in [0.1, 0.15) is 0 Å². The largest absolute Gasteiger partial charge is 0.317 e. The van der Waals surface area contributed by atoms with E-state index in [4.69, 9.17) is 0 Å². The molecule has 3 aliphatic rings. The highest BCUT2D eigenvalue weighted by Gasteiger charge is 2.32. The van der Waals surface area contributed by atoms with Gasteiger partial charge in [0.15, 0.2) is 0 Å². The summed E-state index contributed by atoms with van der Waals surface area (Å²) in [6.07, 6.45) is 10.0. The zero-order chi connectivity index (χ0) is 12.4. The maximum absolute atomic E-state index is 3.45. The second-order valence-electron chi connectivity index (χ2n) is 6.46. The lowest BCUT2D eigenvalue weighted by molar-refractivity contribution is 0.0714. The second kappa shape index (κ2) is 5.89. The topological polar surface area (TPSA) is 18.5 Å². The molecule has 3 fully saturated rings. The van der Waals surface area contributed by atoms with Crippen molar-refractivity contribution in [1.29, 1.82) is 0 Å². The molecular weight excluding hydrogens is 222 g/mol. The van der Waals surface area contributed by atoms with Crippen molar-refractivity contribution >= 4 is 0 Å². The van der Waals surface area contributed by atoms with Crippen molar-refractivity contribution < 1.29 is 0 Å². The number of rotatable bonds is 3. The zero-order valence-corrected chi connectivity index (χ0v) is 11.9. The minimum atomic E-state index is 0.780. The van der Waals surface area contributed by atoms with Crippen molar-refractivity contribution in [2.24, 2.45) is 0 Å². The van der Waals surface area contributed by atoms with Crippen molar-refractivity contribution in [2.75, 3.05) is 33.2 Å². The first-order valence-electron chi connectivity index (χ1n) is 8.02. The van der Waals surface area contributed by atoms with Gasteiger partial charge in [-0.25, -0.2) is 0 Å². The summed E-state index contributed by atoms with van der Waals surface area (Å²) in [5, 5.41) is 3.45. The molecule has 0 aromatic carbocycles. The Hall–Kier alpha value is -0.120. The molecule has 0 amide bonds. The Morgan fingerprint density at radius 1 is 0.778 bits per heavy atom.